The SMILES string of the molecule is Clc1cccc(CSc2nccn3nc(-c4ccccc4)cc23)c1. The van der Waals surface area contributed by atoms with E-state index in [2.05, 4.69) is 34.3 Å². The summed E-state index contributed by atoms with van der Waals surface area (Å²) < 4.78 is 1.88. The average Bonchev–Trinajstić information content (AvgIpc) is 3.06. The van der Waals surface area contributed by atoms with Crippen molar-refractivity contribution in [3.63, 3.8) is 0 Å². The monoisotopic (exact) mass is 351 g/mol. The summed E-state index contributed by atoms with van der Waals surface area (Å²) in [5.74, 6) is 0.819. The molecule has 2 aromatic carbocycles. The predicted octanol–water partition coefficient (Wildman–Crippen LogP) is 5.34. The summed E-state index contributed by atoms with van der Waals surface area (Å²) in [7, 11) is 0. The van der Waals surface area contributed by atoms with Gasteiger partial charge in [-0.2, -0.15) is 5.10 Å². The number of aromatic nitrogens is 3. The molecule has 0 N–H and O–H groups in total. The van der Waals surface area contributed by atoms with Gasteiger partial charge in [0.25, 0.3) is 0 Å². The molecule has 0 fully saturated rings. The first-order valence-corrected chi connectivity index (χ1v) is 8.93. The van der Waals surface area contributed by atoms with E-state index in [9.17, 15) is 0 Å². The van der Waals surface area contributed by atoms with Gasteiger partial charge in [0.2, 0.25) is 0 Å². The number of benzene rings is 2. The van der Waals surface area contributed by atoms with Crippen LogP contribution in [0.3, 0.4) is 0 Å². The molecule has 3 nitrogen and oxygen atoms in total. The van der Waals surface area contributed by atoms with Crippen molar-refractivity contribution in [1.82, 2.24) is 14.6 Å². The van der Waals surface area contributed by atoms with Gasteiger partial charge >= 0.3 is 0 Å². The van der Waals surface area contributed by atoms with Gasteiger partial charge < -0.3 is 0 Å². The second kappa shape index (κ2) is 6.67. The molecular formula is C19H14ClN3S. The van der Waals surface area contributed by atoms with E-state index in [0.29, 0.717) is 0 Å². The molecule has 0 bridgehead atoms. The van der Waals surface area contributed by atoms with Crippen LogP contribution in [0, 0.1) is 0 Å². The lowest BCUT2D eigenvalue weighted by molar-refractivity contribution is 0.920. The average molecular weight is 352 g/mol. The number of nitrogens with zero attached hydrogens (tertiary/aromatic N) is 3. The number of thioether (sulfide) groups is 1. The molecule has 0 aliphatic carbocycles. The van der Waals surface area contributed by atoms with E-state index in [-0.39, 0.29) is 0 Å². The molecule has 5 heteroatoms. The van der Waals surface area contributed by atoms with Crippen molar-refractivity contribution < 1.29 is 0 Å². The van der Waals surface area contributed by atoms with Gasteiger partial charge in [0.15, 0.2) is 0 Å². The Morgan fingerprint density at radius 1 is 1.00 bits per heavy atom. The van der Waals surface area contributed by atoms with Gasteiger partial charge in [-0.05, 0) is 23.8 Å². The lowest BCUT2D eigenvalue weighted by atomic mass is 10.1. The Kier molecular flexibility index (Phi) is 4.24. The topological polar surface area (TPSA) is 30.2 Å². The molecule has 0 aliphatic rings. The summed E-state index contributed by atoms with van der Waals surface area (Å²) in [6.45, 7) is 0. The molecule has 0 amide bonds. The van der Waals surface area contributed by atoms with Crippen LogP contribution in [0.2, 0.25) is 5.02 Å². The number of rotatable bonds is 4. The second-order valence-corrected chi connectivity index (χ2v) is 6.78. The summed E-state index contributed by atoms with van der Waals surface area (Å²) in [5.41, 5.74) is 4.25. The van der Waals surface area contributed by atoms with E-state index >= 15 is 0 Å². The summed E-state index contributed by atoms with van der Waals surface area (Å²) >= 11 is 7.74. The van der Waals surface area contributed by atoms with Crippen molar-refractivity contribution >= 4 is 28.9 Å². The highest BCUT2D eigenvalue weighted by molar-refractivity contribution is 7.98. The van der Waals surface area contributed by atoms with E-state index in [1.807, 2.05) is 47.1 Å². The standard InChI is InChI=1S/C19H14ClN3S/c20-16-8-4-5-14(11-16)13-24-19-18-12-17(15-6-2-1-3-7-15)22-23(18)10-9-21-19/h1-12H,13H2. The van der Waals surface area contributed by atoms with Gasteiger partial charge in [-0.1, -0.05) is 65.8 Å². The highest BCUT2D eigenvalue weighted by atomic mass is 35.5. The van der Waals surface area contributed by atoms with Crippen molar-refractivity contribution in [1.29, 1.82) is 0 Å². The molecule has 0 unspecified atom stereocenters. The van der Waals surface area contributed by atoms with Gasteiger partial charge in [0.05, 0.1) is 11.2 Å². The van der Waals surface area contributed by atoms with Crippen molar-refractivity contribution in [2.75, 3.05) is 0 Å². The highest BCUT2D eigenvalue weighted by Gasteiger charge is 2.09. The molecular weight excluding hydrogens is 338 g/mol. The smallest absolute Gasteiger partial charge is 0.122 e. The van der Waals surface area contributed by atoms with Gasteiger partial charge in [-0.3, -0.25) is 0 Å². The van der Waals surface area contributed by atoms with Crippen molar-refractivity contribution in [3.05, 3.63) is 83.6 Å². The van der Waals surface area contributed by atoms with Crippen LogP contribution >= 0.6 is 23.4 Å². The van der Waals surface area contributed by atoms with E-state index in [4.69, 9.17) is 11.6 Å². The maximum atomic E-state index is 6.05. The Morgan fingerprint density at radius 2 is 1.88 bits per heavy atom. The Labute approximate surface area is 149 Å². The molecule has 24 heavy (non-hydrogen) atoms. The maximum Gasteiger partial charge on any atom is 0.122 e. The minimum absolute atomic E-state index is 0.759. The van der Waals surface area contributed by atoms with Gasteiger partial charge in [-0.25, -0.2) is 9.50 Å². The molecule has 4 rings (SSSR count). The number of halogens is 1. The van der Waals surface area contributed by atoms with E-state index in [1.165, 1.54) is 5.56 Å². The Bertz CT molecular complexity index is 982. The van der Waals surface area contributed by atoms with Gasteiger partial charge in [-0.15, -0.1) is 0 Å². The summed E-state index contributed by atoms with van der Waals surface area (Å²) in [5, 5.41) is 6.38. The Morgan fingerprint density at radius 3 is 2.71 bits per heavy atom. The molecule has 0 saturated heterocycles. The van der Waals surface area contributed by atoms with Crippen molar-refractivity contribution in [2.45, 2.75) is 10.8 Å². The van der Waals surface area contributed by atoms with Crippen LogP contribution < -0.4 is 0 Å². The molecule has 0 atom stereocenters. The van der Waals surface area contributed by atoms with Gasteiger partial charge in [0, 0.05) is 28.7 Å². The zero-order valence-electron chi connectivity index (χ0n) is 12.8. The van der Waals surface area contributed by atoms with E-state index in [1.54, 1.807) is 18.0 Å². The van der Waals surface area contributed by atoms with Crippen LogP contribution in [0.1, 0.15) is 5.56 Å². The molecule has 0 radical (unpaired) electrons. The van der Waals surface area contributed by atoms with Crippen LogP contribution in [0.15, 0.2) is 78.1 Å². The summed E-state index contributed by atoms with van der Waals surface area (Å²) in [6.07, 6.45) is 3.67. The third-order valence-electron chi connectivity index (χ3n) is 3.69. The number of hydrogen-bond acceptors (Lipinski definition) is 3. The molecule has 4 aromatic rings. The zero-order valence-corrected chi connectivity index (χ0v) is 14.3. The fourth-order valence-electron chi connectivity index (χ4n) is 2.54. The summed E-state index contributed by atoms with van der Waals surface area (Å²) in [4.78, 5) is 4.52. The maximum absolute atomic E-state index is 6.05. The van der Waals surface area contributed by atoms with Crippen LogP contribution in [-0.2, 0) is 5.75 Å². The van der Waals surface area contributed by atoms with Crippen molar-refractivity contribution in [3.8, 4) is 11.3 Å². The molecule has 0 spiro atoms. The Balaban J connectivity index is 1.65. The highest BCUT2D eigenvalue weighted by Crippen LogP contribution is 2.28. The first kappa shape index (κ1) is 15.2. The molecule has 2 aromatic heterocycles. The minimum Gasteiger partial charge on any atom is -0.246 e. The first-order valence-electron chi connectivity index (χ1n) is 7.57. The normalized spacial score (nSPS) is 11.0. The lowest BCUT2D eigenvalue weighted by Crippen LogP contribution is -1.91. The largest absolute Gasteiger partial charge is 0.246 e. The minimum atomic E-state index is 0.759. The third kappa shape index (κ3) is 3.16. The molecule has 0 saturated carbocycles. The van der Waals surface area contributed by atoms with E-state index < -0.39 is 0 Å². The zero-order chi connectivity index (χ0) is 16.4. The summed E-state index contributed by atoms with van der Waals surface area (Å²) in [6, 6.07) is 20.2. The molecule has 118 valence electrons. The lowest BCUT2D eigenvalue weighted by Gasteiger charge is -2.03. The molecule has 2 heterocycles. The van der Waals surface area contributed by atoms with Crippen LogP contribution in [0.5, 0.6) is 0 Å². The van der Waals surface area contributed by atoms with Crippen LogP contribution in [-0.4, -0.2) is 14.6 Å². The van der Waals surface area contributed by atoms with Crippen LogP contribution in [0.4, 0.5) is 0 Å². The van der Waals surface area contributed by atoms with E-state index in [0.717, 1.165) is 32.6 Å². The number of fused-ring (bicyclic) bond motifs is 1. The second-order valence-electron chi connectivity index (χ2n) is 5.38. The fourth-order valence-corrected chi connectivity index (χ4v) is 3.67. The number of hydrogen-bond donors (Lipinski definition) is 0. The predicted molar refractivity (Wildman–Crippen MR) is 99.4 cm³/mol. The van der Waals surface area contributed by atoms with Crippen molar-refractivity contribution in [2.24, 2.45) is 0 Å². The third-order valence-corrected chi connectivity index (χ3v) is 4.99. The quantitative estimate of drug-likeness (QED) is 0.465. The first-order chi connectivity index (χ1) is 11.8. The van der Waals surface area contributed by atoms with Crippen LogP contribution in [0.25, 0.3) is 16.8 Å². The fraction of sp³-hybridized carbons (Fsp3) is 0.0526. The van der Waals surface area contributed by atoms with Gasteiger partial charge in [0.1, 0.15) is 5.03 Å². The molecule has 0 aliphatic heterocycles. The Hall–Kier alpha value is -2.30.